The van der Waals surface area contributed by atoms with Crippen molar-refractivity contribution in [3.8, 4) is 0 Å². The molecule has 0 saturated carbocycles. The van der Waals surface area contributed by atoms with Crippen LogP contribution in [-0.4, -0.2) is 47.7 Å². The van der Waals surface area contributed by atoms with Gasteiger partial charge in [0.2, 0.25) is 0 Å². The molecule has 96 valence electrons. The molecular weight excluding hydrogens is 339 g/mol. The molecule has 0 unspecified atom stereocenters. The molecule has 2 heterocycles. The minimum atomic E-state index is 1.04. The molecule has 18 heavy (non-hydrogen) atoms. The lowest BCUT2D eigenvalue weighted by atomic mass is 10.2. The molecule has 1 saturated heterocycles. The quantitative estimate of drug-likeness (QED) is 0.730. The van der Waals surface area contributed by atoms with Crippen molar-refractivity contribution in [2.24, 2.45) is 7.05 Å². The van der Waals surface area contributed by atoms with Crippen LogP contribution in [0.15, 0.2) is 18.2 Å². The molecule has 0 radical (unpaired) electrons. The van der Waals surface area contributed by atoms with Crippen molar-refractivity contribution in [2.45, 2.75) is 0 Å². The fourth-order valence-electron chi connectivity index (χ4n) is 2.42. The van der Waals surface area contributed by atoms with E-state index in [0.29, 0.717) is 0 Å². The predicted octanol–water partition coefficient (Wildman–Crippen LogP) is 1.93. The van der Waals surface area contributed by atoms with Crippen molar-refractivity contribution in [1.29, 1.82) is 0 Å². The van der Waals surface area contributed by atoms with Crippen molar-refractivity contribution >= 4 is 39.3 Å². The Morgan fingerprint density at radius 2 is 1.83 bits per heavy atom. The van der Waals surface area contributed by atoms with Gasteiger partial charge in [-0.2, -0.15) is 0 Å². The average Bonchev–Trinajstić information content (AvgIpc) is 2.65. The highest BCUT2D eigenvalue weighted by Crippen LogP contribution is 2.23. The molecule has 0 N–H and O–H groups in total. The molecule has 0 amide bonds. The monoisotopic (exact) mass is 356 g/mol. The number of anilines is 1. The summed E-state index contributed by atoms with van der Waals surface area (Å²) in [7, 11) is 4.24. The summed E-state index contributed by atoms with van der Waals surface area (Å²) in [6.45, 7) is 4.48. The molecule has 1 aromatic carbocycles. The van der Waals surface area contributed by atoms with E-state index in [1.807, 2.05) is 0 Å². The van der Waals surface area contributed by atoms with Crippen molar-refractivity contribution in [3.05, 3.63) is 22.0 Å². The zero-order valence-corrected chi connectivity index (χ0v) is 12.9. The molecule has 0 atom stereocenters. The van der Waals surface area contributed by atoms with Crippen LogP contribution in [-0.2, 0) is 7.05 Å². The highest BCUT2D eigenvalue weighted by Gasteiger charge is 2.15. The second-order valence-electron chi connectivity index (χ2n) is 4.90. The van der Waals surface area contributed by atoms with Gasteiger partial charge in [-0.3, -0.25) is 0 Å². The molecule has 0 bridgehead atoms. The fourth-order valence-corrected chi connectivity index (χ4v) is 2.94. The summed E-state index contributed by atoms with van der Waals surface area (Å²) in [5.41, 5.74) is 3.60. The molecule has 1 aliphatic heterocycles. The first kappa shape index (κ1) is 12.2. The predicted molar refractivity (Wildman–Crippen MR) is 83.1 cm³/mol. The van der Waals surface area contributed by atoms with Crippen LogP contribution in [0.25, 0.3) is 11.0 Å². The van der Waals surface area contributed by atoms with Crippen LogP contribution in [0.1, 0.15) is 0 Å². The van der Waals surface area contributed by atoms with Gasteiger partial charge in [-0.25, -0.2) is 4.98 Å². The number of hydrogen-bond acceptors (Lipinski definition) is 3. The Morgan fingerprint density at radius 3 is 2.56 bits per heavy atom. The Bertz CT molecular complexity index is 570. The Balaban J connectivity index is 1.93. The first-order valence-corrected chi connectivity index (χ1v) is 7.28. The molecule has 0 aliphatic carbocycles. The summed E-state index contributed by atoms with van der Waals surface area (Å²) >= 11 is 2.28. The fraction of sp³-hybridized carbons (Fsp3) is 0.462. The van der Waals surface area contributed by atoms with Crippen LogP contribution < -0.4 is 4.90 Å². The van der Waals surface area contributed by atoms with E-state index in [1.54, 1.807) is 0 Å². The Kier molecular flexibility index (Phi) is 3.19. The van der Waals surface area contributed by atoms with Crippen LogP contribution in [0.3, 0.4) is 0 Å². The van der Waals surface area contributed by atoms with E-state index in [0.717, 1.165) is 35.5 Å². The third-order valence-electron chi connectivity index (χ3n) is 3.68. The standard InChI is InChI=1S/C13H17IN4/c1-16-5-7-18(8-6-16)10-3-4-12-11(9-10)15-13(14)17(12)2/h3-4,9H,5-8H2,1-2H3. The number of hydrogen-bond donors (Lipinski definition) is 0. The summed E-state index contributed by atoms with van der Waals surface area (Å²) in [6.07, 6.45) is 0. The lowest BCUT2D eigenvalue weighted by Gasteiger charge is -2.34. The Labute approximate surface area is 121 Å². The number of piperazine rings is 1. The summed E-state index contributed by atoms with van der Waals surface area (Å²) in [5.74, 6) is 0. The number of aromatic nitrogens is 2. The van der Waals surface area contributed by atoms with Gasteiger partial charge >= 0.3 is 0 Å². The van der Waals surface area contributed by atoms with E-state index in [2.05, 4.69) is 74.2 Å². The molecule has 1 aliphatic rings. The number of aryl methyl sites for hydroxylation is 1. The minimum Gasteiger partial charge on any atom is -0.369 e. The Morgan fingerprint density at radius 1 is 1.11 bits per heavy atom. The molecule has 1 fully saturated rings. The number of imidazole rings is 1. The van der Waals surface area contributed by atoms with Gasteiger partial charge in [0.05, 0.1) is 11.0 Å². The normalized spacial score (nSPS) is 17.6. The van der Waals surface area contributed by atoms with Crippen LogP contribution in [0.5, 0.6) is 0 Å². The third kappa shape index (κ3) is 2.09. The molecule has 3 rings (SSSR count). The highest BCUT2D eigenvalue weighted by atomic mass is 127. The Hall–Kier alpha value is -0.820. The number of nitrogens with zero attached hydrogens (tertiary/aromatic N) is 4. The topological polar surface area (TPSA) is 24.3 Å². The van der Waals surface area contributed by atoms with E-state index in [-0.39, 0.29) is 0 Å². The van der Waals surface area contributed by atoms with Gasteiger partial charge in [0.25, 0.3) is 0 Å². The van der Waals surface area contributed by atoms with E-state index < -0.39 is 0 Å². The highest BCUT2D eigenvalue weighted by molar-refractivity contribution is 14.1. The SMILES string of the molecule is CN1CCN(c2ccc3c(c2)nc(I)n3C)CC1. The van der Waals surface area contributed by atoms with Gasteiger partial charge in [0, 0.05) is 38.9 Å². The lowest BCUT2D eigenvalue weighted by molar-refractivity contribution is 0.313. The van der Waals surface area contributed by atoms with Gasteiger partial charge in [-0.15, -0.1) is 0 Å². The van der Waals surface area contributed by atoms with E-state index >= 15 is 0 Å². The summed E-state index contributed by atoms with van der Waals surface area (Å²) < 4.78 is 3.17. The largest absolute Gasteiger partial charge is 0.369 e. The second kappa shape index (κ2) is 4.70. The molecule has 1 aromatic heterocycles. The summed E-state index contributed by atoms with van der Waals surface area (Å²) in [6, 6.07) is 6.60. The van der Waals surface area contributed by atoms with Gasteiger partial charge in [0.1, 0.15) is 0 Å². The summed E-state index contributed by atoms with van der Waals surface area (Å²) in [4.78, 5) is 9.41. The number of likely N-dealkylation sites (N-methyl/N-ethyl adjacent to an activating group) is 1. The zero-order chi connectivity index (χ0) is 12.7. The van der Waals surface area contributed by atoms with Crippen molar-refractivity contribution in [3.63, 3.8) is 0 Å². The average molecular weight is 356 g/mol. The van der Waals surface area contributed by atoms with Crippen LogP contribution in [0, 0.1) is 3.83 Å². The van der Waals surface area contributed by atoms with Crippen LogP contribution in [0.4, 0.5) is 5.69 Å². The van der Waals surface area contributed by atoms with Crippen LogP contribution in [0.2, 0.25) is 0 Å². The number of benzene rings is 1. The molecule has 4 nitrogen and oxygen atoms in total. The van der Waals surface area contributed by atoms with E-state index in [1.165, 1.54) is 11.2 Å². The number of rotatable bonds is 1. The molecular formula is C13H17IN4. The maximum Gasteiger partial charge on any atom is 0.172 e. The first-order valence-electron chi connectivity index (χ1n) is 6.20. The lowest BCUT2D eigenvalue weighted by Crippen LogP contribution is -2.44. The van der Waals surface area contributed by atoms with E-state index in [4.69, 9.17) is 0 Å². The van der Waals surface area contributed by atoms with E-state index in [9.17, 15) is 0 Å². The van der Waals surface area contributed by atoms with Crippen molar-refractivity contribution in [1.82, 2.24) is 14.5 Å². The van der Waals surface area contributed by atoms with Gasteiger partial charge in [0.15, 0.2) is 3.83 Å². The maximum absolute atomic E-state index is 4.60. The van der Waals surface area contributed by atoms with Gasteiger partial charge in [-0.1, -0.05) is 0 Å². The number of fused-ring (bicyclic) bond motifs is 1. The molecule has 5 heteroatoms. The zero-order valence-electron chi connectivity index (χ0n) is 10.7. The maximum atomic E-state index is 4.60. The first-order chi connectivity index (χ1) is 8.65. The van der Waals surface area contributed by atoms with Gasteiger partial charge < -0.3 is 14.4 Å². The van der Waals surface area contributed by atoms with Gasteiger partial charge in [-0.05, 0) is 47.8 Å². The smallest absolute Gasteiger partial charge is 0.172 e. The third-order valence-corrected chi connectivity index (χ3v) is 4.64. The van der Waals surface area contributed by atoms with Crippen LogP contribution >= 0.6 is 22.6 Å². The van der Waals surface area contributed by atoms with Crippen molar-refractivity contribution in [2.75, 3.05) is 38.1 Å². The minimum absolute atomic E-state index is 1.04. The summed E-state index contributed by atoms with van der Waals surface area (Å²) in [5, 5.41) is 0. The molecule has 0 spiro atoms. The molecule has 2 aromatic rings. The second-order valence-corrected chi connectivity index (χ2v) is 5.87. The number of halogens is 1. The van der Waals surface area contributed by atoms with Crippen molar-refractivity contribution < 1.29 is 0 Å².